The molecule has 0 radical (unpaired) electrons. The normalized spacial score (nSPS) is 23.5. The number of rotatable bonds is 4. The van der Waals surface area contributed by atoms with Crippen molar-refractivity contribution in [2.45, 2.75) is 38.9 Å². The van der Waals surface area contributed by atoms with Crippen LogP contribution in [-0.4, -0.2) is 85.7 Å². The van der Waals surface area contributed by atoms with Crippen LogP contribution >= 0.6 is 0 Å². The van der Waals surface area contributed by atoms with Crippen molar-refractivity contribution in [2.24, 2.45) is 0 Å². The summed E-state index contributed by atoms with van der Waals surface area (Å²) >= 11 is 0. The van der Waals surface area contributed by atoms with Gasteiger partial charge in [0.15, 0.2) is 0 Å². The number of likely N-dealkylation sites (N-methyl/N-ethyl adjacent to an activating group) is 1. The summed E-state index contributed by atoms with van der Waals surface area (Å²) in [6.07, 6.45) is 2.58. The lowest BCUT2D eigenvalue weighted by Gasteiger charge is -2.36. The number of likely N-dealkylation sites (tertiary alicyclic amines) is 1. The first-order chi connectivity index (χ1) is 9.54. The zero-order valence-electron chi connectivity index (χ0n) is 13.2. The lowest BCUT2D eigenvalue weighted by molar-refractivity contribution is -0.136. The number of ether oxygens (including phenoxy) is 1. The lowest BCUT2D eigenvalue weighted by atomic mass is 10.1. The third-order valence-electron chi connectivity index (χ3n) is 4.21. The molecule has 2 aliphatic rings. The van der Waals surface area contributed by atoms with E-state index in [0.717, 1.165) is 52.1 Å². The van der Waals surface area contributed by atoms with Crippen molar-refractivity contribution >= 4 is 5.91 Å². The van der Waals surface area contributed by atoms with E-state index in [9.17, 15) is 4.79 Å². The first-order valence-corrected chi connectivity index (χ1v) is 7.88. The first kappa shape index (κ1) is 15.7. The van der Waals surface area contributed by atoms with Crippen molar-refractivity contribution in [1.29, 1.82) is 0 Å². The number of hydrogen-bond acceptors (Lipinski definition) is 4. The highest BCUT2D eigenvalue weighted by molar-refractivity contribution is 5.78. The molecule has 2 aliphatic heterocycles. The average Bonchev–Trinajstić information content (AvgIpc) is 2.41. The Kier molecular flexibility index (Phi) is 5.81. The molecule has 0 atom stereocenters. The van der Waals surface area contributed by atoms with Gasteiger partial charge in [-0.1, -0.05) is 0 Å². The zero-order valence-corrected chi connectivity index (χ0v) is 13.2. The van der Waals surface area contributed by atoms with E-state index in [1.165, 1.54) is 0 Å². The first-order valence-electron chi connectivity index (χ1n) is 7.88. The fourth-order valence-electron chi connectivity index (χ4n) is 2.92. The Balaban J connectivity index is 1.69. The topological polar surface area (TPSA) is 36.0 Å². The molecular formula is C15H29N3O2. The minimum Gasteiger partial charge on any atom is -0.375 e. The van der Waals surface area contributed by atoms with Gasteiger partial charge >= 0.3 is 0 Å². The second kappa shape index (κ2) is 7.38. The van der Waals surface area contributed by atoms with Gasteiger partial charge in [0.2, 0.25) is 5.91 Å². The third kappa shape index (κ3) is 4.72. The van der Waals surface area contributed by atoms with Crippen LogP contribution in [0.3, 0.4) is 0 Å². The number of piperidine rings is 1. The van der Waals surface area contributed by atoms with Gasteiger partial charge in [-0.25, -0.2) is 0 Å². The Bertz CT molecular complexity index is 306. The molecule has 20 heavy (non-hydrogen) atoms. The van der Waals surface area contributed by atoms with Crippen molar-refractivity contribution in [3.63, 3.8) is 0 Å². The van der Waals surface area contributed by atoms with Gasteiger partial charge in [0.1, 0.15) is 0 Å². The van der Waals surface area contributed by atoms with E-state index in [0.29, 0.717) is 12.6 Å². The molecule has 2 rings (SSSR count). The molecule has 0 aromatic carbocycles. The quantitative estimate of drug-likeness (QED) is 0.759. The summed E-state index contributed by atoms with van der Waals surface area (Å²) in [5.41, 5.74) is 0. The molecule has 0 unspecified atom stereocenters. The van der Waals surface area contributed by atoms with Crippen LogP contribution in [0.25, 0.3) is 0 Å². The van der Waals surface area contributed by atoms with Gasteiger partial charge < -0.3 is 14.5 Å². The fourth-order valence-corrected chi connectivity index (χ4v) is 2.92. The summed E-state index contributed by atoms with van der Waals surface area (Å²) in [7, 11) is 2.14. The Hall–Kier alpha value is -0.650. The molecule has 2 saturated heterocycles. The van der Waals surface area contributed by atoms with Crippen LogP contribution in [0, 0.1) is 0 Å². The molecule has 0 aromatic heterocycles. The lowest BCUT2D eigenvalue weighted by Crippen LogP contribution is -2.50. The van der Waals surface area contributed by atoms with Crippen LogP contribution < -0.4 is 0 Å². The second-order valence-electron chi connectivity index (χ2n) is 6.34. The van der Waals surface area contributed by atoms with Crippen LogP contribution in [0.15, 0.2) is 0 Å². The molecule has 0 aliphatic carbocycles. The van der Waals surface area contributed by atoms with E-state index in [4.69, 9.17) is 4.74 Å². The third-order valence-corrected chi connectivity index (χ3v) is 4.21. The van der Waals surface area contributed by atoms with Crippen LogP contribution in [-0.2, 0) is 9.53 Å². The van der Waals surface area contributed by atoms with E-state index >= 15 is 0 Å². The van der Waals surface area contributed by atoms with Crippen LogP contribution in [0.1, 0.15) is 26.7 Å². The molecule has 116 valence electrons. The number of piperazine rings is 1. The standard InChI is InChI=1S/C15H29N3O2/c1-13(2)20-14-4-6-18(7-5-14)15(19)12-17-10-8-16(3)9-11-17/h13-14H,4-12H2,1-3H3. The smallest absolute Gasteiger partial charge is 0.236 e. The molecule has 0 spiro atoms. The summed E-state index contributed by atoms with van der Waals surface area (Å²) in [5, 5.41) is 0. The highest BCUT2D eigenvalue weighted by atomic mass is 16.5. The van der Waals surface area contributed by atoms with Crippen LogP contribution in [0.4, 0.5) is 0 Å². The molecule has 5 nitrogen and oxygen atoms in total. The van der Waals surface area contributed by atoms with Gasteiger partial charge in [-0.15, -0.1) is 0 Å². The molecular weight excluding hydrogens is 254 g/mol. The Morgan fingerprint density at radius 1 is 1.10 bits per heavy atom. The molecule has 2 heterocycles. The summed E-state index contributed by atoms with van der Waals surface area (Å²) in [5.74, 6) is 0.289. The Morgan fingerprint density at radius 3 is 2.25 bits per heavy atom. The van der Waals surface area contributed by atoms with Crippen LogP contribution in [0.2, 0.25) is 0 Å². The summed E-state index contributed by atoms with van der Waals surface area (Å²) in [6, 6.07) is 0. The number of carbonyl (C=O) groups is 1. The zero-order chi connectivity index (χ0) is 14.5. The highest BCUT2D eigenvalue weighted by Gasteiger charge is 2.25. The van der Waals surface area contributed by atoms with Gasteiger partial charge in [-0.05, 0) is 33.7 Å². The maximum absolute atomic E-state index is 12.3. The Labute approximate surface area is 122 Å². The molecule has 0 aromatic rings. The van der Waals surface area contributed by atoms with Gasteiger partial charge in [-0.3, -0.25) is 9.69 Å². The minimum atomic E-state index is 0.285. The molecule has 2 fully saturated rings. The predicted molar refractivity (Wildman–Crippen MR) is 79.8 cm³/mol. The molecule has 0 saturated carbocycles. The van der Waals surface area contributed by atoms with Crippen molar-refractivity contribution in [2.75, 3.05) is 52.9 Å². The highest BCUT2D eigenvalue weighted by Crippen LogP contribution is 2.15. The second-order valence-corrected chi connectivity index (χ2v) is 6.34. The largest absolute Gasteiger partial charge is 0.375 e. The molecule has 0 N–H and O–H groups in total. The van der Waals surface area contributed by atoms with Crippen molar-refractivity contribution in [3.8, 4) is 0 Å². The van der Waals surface area contributed by atoms with Gasteiger partial charge in [0.25, 0.3) is 0 Å². The molecule has 1 amide bonds. The monoisotopic (exact) mass is 283 g/mol. The van der Waals surface area contributed by atoms with Gasteiger partial charge in [-0.2, -0.15) is 0 Å². The number of nitrogens with zero attached hydrogens (tertiary/aromatic N) is 3. The fraction of sp³-hybridized carbons (Fsp3) is 0.933. The van der Waals surface area contributed by atoms with Crippen molar-refractivity contribution < 1.29 is 9.53 Å². The van der Waals surface area contributed by atoms with Crippen LogP contribution in [0.5, 0.6) is 0 Å². The van der Waals surface area contributed by atoms with Gasteiger partial charge in [0, 0.05) is 39.3 Å². The van der Waals surface area contributed by atoms with E-state index in [-0.39, 0.29) is 12.0 Å². The Morgan fingerprint density at radius 2 is 1.70 bits per heavy atom. The summed E-state index contributed by atoms with van der Waals surface area (Å²) < 4.78 is 5.83. The van der Waals surface area contributed by atoms with E-state index < -0.39 is 0 Å². The predicted octanol–water partition coefficient (Wildman–Crippen LogP) is 0.650. The van der Waals surface area contributed by atoms with E-state index in [2.05, 4.69) is 30.7 Å². The molecule has 0 bridgehead atoms. The maximum atomic E-state index is 12.3. The summed E-state index contributed by atoms with van der Waals surface area (Å²) in [4.78, 5) is 18.9. The average molecular weight is 283 g/mol. The SMILES string of the molecule is CC(C)OC1CCN(C(=O)CN2CCN(C)CC2)CC1. The maximum Gasteiger partial charge on any atom is 0.236 e. The summed E-state index contributed by atoms with van der Waals surface area (Å²) in [6.45, 7) is 10.6. The minimum absolute atomic E-state index is 0.285. The van der Waals surface area contributed by atoms with E-state index in [1.54, 1.807) is 0 Å². The van der Waals surface area contributed by atoms with Crippen molar-refractivity contribution in [1.82, 2.24) is 14.7 Å². The van der Waals surface area contributed by atoms with Crippen molar-refractivity contribution in [3.05, 3.63) is 0 Å². The number of hydrogen-bond donors (Lipinski definition) is 0. The molecule has 5 heteroatoms. The van der Waals surface area contributed by atoms with Gasteiger partial charge in [0.05, 0.1) is 18.8 Å². The number of amides is 1. The van der Waals surface area contributed by atoms with E-state index in [1.807, 2.05) is 4.90 Å². The number of carbonyl (C=O) groups excluding carboxylic acids is 1.